The number of hydrogen-bond donors (Lipinski definition) is 1. The van der Waals surface area contributed by atoms with Gasteiger partial charge in [-0.05, 0) is 39.8 Å². The van der Waals surface area contributed by atoms with Crippen LogP contribution in [0.2, 0.25) is 0 Å². The summed E-state index contributed by atoms with van der Waals surface area (Å²) in [7, 11) is 1.98. The summed E-state index contributed by atoms with van der Waals surface area (Å²) in [5.41, 5.74) is 2.44. The Morgan fingerprint density at radius 3 is 2.67 bits per heavy atom. The van der Waals surface area contributed by atoms with Crippen LogP contribution in [0.3, 0.4) is 0 Å². The minimum atomic E-state index is 0.641. The highest BCUT2D eigenvalue weighted by molar-refractivity contribution is 5.14. The van der Waals surface area contributed by atoms with Crippen molar-refractivity contribution in [3.05, 3.63) is 17.5 Å². The molecule has 0 saturated carbocycles. The second-order valence-corrected chi connectivity index (χ2v) is 5.49. The smallest absolute Gasteiger partial charge is 0.0638 e. The summed E-state index contributed by atoms with van der Waals surface area (Å²) in [4.78, 5) is 2.60. The molecule has 1 aromatic rings. The fourth-order valence-corrected chi connectivity index (χ4v) is 2.73. The monoisotopic (exact) mass is 250 g/mol. The van der Waals surface area contributed by atoms with Crippen LogP contribution in [0, 0.1) is 6.92 Å². The maximum absolute atomic E-state index is 4.36. The third-order valence-corrected chi connectivity index (χ3v) is 3.88. The molecule has 1 aliphatic rings. The molecular formula is C14H26N4. The Bertz CT molecular complexity index is 366. The average Bonchev–Trinajstić information content (AvgIpc) is 2.69. The molecule has 0 aliphatic carbocycles. The molecule has 0 aromatic carbocycles. The van der Waals surface area contributed by atoms with E-state index in [2.05, 4.69) is 35.4 Å². The standard InChI is InChI=1S/C14H26N4/c1-12(18-7-5-4-6-8-18)9-15-10-14-11-17(3)16-13(14)2/h11-12,15H,4-10H2,1-3H3. The van der Waals surface area contributed by atoms with Crippen LogP contribution in [0.15, 0.2) is 6.20 Å². The second kappa shape index (κ2) is 6.34. The first-order valence-electron chi connectivity index (χ1n) is 7.10. The fourth-order valence-electron chi connectivity index (χ4n) is 2.73. The normalized spacial score (nSPS) is 19.1. The first-order valence-corrected chi connectivity index (χ1v) is 7.10. The van der Waals surface area contributed by atoms with Gasteiger partial charge in [-0.15, -0.1) is 0 Å². The van der Waals surface area contributed by atoms with E-state index in [-0.39, 0.29) is 0 Å². The van der Waals surface area contributed by atoms with Crippen LogP contribution in [0.5, 0.6) is 0 Å². The maximum atomic E-state index is 4.36. The van der Waals surface area contributed by atoms with E-state index < -0.39 is 0 Å². The zero-order chi connectivity index (χ0) is 13.0. The number of hydrogen-bond acceptors (Lipinski definition) is 3. The van der Waals surface area contributed by atoms with Crippen molar-refractivity contribution in [2.45, 2.75) is 45.7 Å². The van der Waals surface area contributed by atoms with Gasteiger partial charge in [0.05, 0.1) is 5.69 Å². The van der Waals surface area contributed by atoms with Crippen molar-refractivity contribution in [3.63, 3.8) is 0 Å². The Morgan fingerprint density at radius 1 is 1.33 bits per heavy atom. The van der Waals surface area contributed by atoms with Crippen molar-refractivity contribution in [1.29, 1.82) is 0 Å². The highest BCUT2D eigenvalue weighted by Crippen LogP contribution is 2.11. The molecule has 4 nitrogen and oxygen atoms in total. The van der Waals surface area contributed by atoms with E-state index in [0.717, 1.165) is 18.8 Å². The van der Waals surface area contributed by atoms with Gasteiger partial charge in [-0.25, -0.2) is 0 Å². The van der Waals surface area contributed by atoms with Gasteiger partial charge in [0.1, 0.15) is 0 Å². The quantitative estimate of drug-likeness (QED) is 0.863. The van der Waals surface area contributed by atoms with Gasteiger partial charge < -0.3 is 5.32 Å². The number of rotatable bonds is 5. The number of nitrogens with zero attached hydrogens (tertiary/aromatic N) is 3. The number of likely N-dealkylation sites (tertiary alicyclic amines) is 1. The summed E-state index contributed by atoms with van der Waals surface area (Å²) in [6, 6.07) is 0.641. The van der Waals surface area contributed by atoms with E-state index in [0.29, 0.717) is 6.04 Å². The lowest BCUT2D eigenvalue weighted by Crippen LogP contribution is -2.42. The van der Waals surface area contributed by atoms with Crippen molar-refractivity contribution in [1.82, 2.24) is 20.0 Å². The van der Waals surface area contributed by atoms with Crippen molar-refractivity contribution in [2.24, 2.45) is 7.05 Å². The van der Waals surface area contributed by atoms with Crippen LogP contribution in [-0.2, 0) is 13.6 Å². The molecule has 1 aliphatic heterocycles. The summed E-state index contributed by atoms with van der Waals surface area (Å²) >= 11 is 0. The third kappa shape index (κ3) is 3.56. The molecule has 0 amide bonds. The molecule has 1 N–H and O–H groups in total. The fraction of sp³-hybridized carbons (Fsp3) is 0.786. The van der Waals surface area contributed by atoms with E-state index in [1.54, 1.807) is 0 Å². The molecule has 1 fully saturated rings. The van der Waals surface area contributed by atoms with Crippen molar-refractivity contribution < 1.29 is 0 Å². The molecule has 2 rings (SSSR count). The van der Waals surface area contributed by atoms with Gasteiger partial charge in [0.2, 0.25) is 0 Å². The molecule has 1 atom stereocenters. The van der Waals surface area contributed by atoms with Gasteiger partial charge in [-0.3, -0.25) is 9.58 Å². The summed E-state index contributed by atoms with van der Waals surface area (Å²) < 4.78 is 1.89. The van der Waals surface area contributed by atoms with Gasteiger partial charge in [0.25, 0.3) is 0 Å². The average molecular weight is 250 g/mol. The lowest BCUT2D eigenvalue weighted by Gasteiger charge is -2.32. The van der Waals surface area contributed by atoms with Crippen LogP contribution in [0.1, 0.15) is 37.4 Å². The van der Waals surface area contributed by atoms with Crippen LogP contribution in [-0.4, -0.2) is 40.4 Å². The van der Waals surface area contributed by atoms with Crippen LogP contribution in [0.25, 0.3) is 0 Å². The SMILES string of the molecule is Cc1nn(C)cc1CNCC(C)N1CCCCC1. The van der Waals surface area contributed by atoms with Gasteiger partial charge in [-0.1, -0.05) is 6.42 Å². The van der Waals surface area contributed by atoms with Crippen LogP contribution >= 0.6 is 0 Å². The van der Waals surface area contributed by atoms with E-state index in [9.17, 15) is 0 Å². The minimum Gasteiger partial charge on any atom is -0.311 e. The molecular weight excluding hydrogens is 224 g/mol. The zero-order valence-corrected chi connectivity index (χ0v) is 11.9. The highest BCUT2D eigenvalue weighted by Gasteiger charge is 2.16. The highest BCUT2D eigenvalue weighted by atomic mass is 15.3. The van der Waals surface area contributed by atoms with Crippen molar-refractivity contribution >= 4 is 0 Å². The molecule has 0 bridgehead atoms. The summed E-state index contributed by atoms with van der Waals surface area (Å²) in [6.45, 7) is 8.94. The topological polar surface area (TPSA) is 33.1 Å². The van der Waals surface area contributed by atoms with E-state index >= 15 is 0 Å². The van der Waals surface area contributed by atoms with Gasteiger partial charge >= 0.3 is 0 Å². The molecule has 1 aromatic heterocycles. The molecule has 0 radical (unpaired) electrons. The van der Waals surface area contributed by atoms with Gasteiger partial charge in [-0.2, -0.15) is 5.10 Å². The van der Waals surface area contributed by atoms with Crippen molar-refractivity contribution in [3.8, 4) is 0 Å². The number of piperidine rings is 1. The molecule has 4 heteroatoms. The van der Waals surface area contributed by atoms with Gasteiger partial charge in [0.15, 0.2) is 0 Å². The minimum absolute atomic E-state index is 0.641. The summed E-state index contributed by atoms with van der Waals surface area (Å²) in [6.07, 6.45) is 6.25. The Balaban J connectivity index is 1.72. The van der Waals surface area contributed by atoms with Crippen LogP contribution in [0.4, 0.5) is 0 Å². The maximum Gasteiger partial charge on any atom is 0.0638 e. The molecule has 2 heterocycles. The summed E-state index contributed by atoms with van der Waals surface area (Å²) in [5.74, 6) is 0. The number of aromatic nitrogens is 2. The van der Waals surface area contributed by atoms with Gasteiger partial charge in [0, 0.05) is 37.9 Å². The Hall–Kier alpha value is -0.870. The largest absolute Gasteiger partial charge is 0.311 e. The number of nitrogens with one attached hydrogen (secondary N) is 1. The molecule has 102 valence electrons. The predicted octanol–water partition coefficient (Wildman–Crippen LogP) is 1.69. The van der Waals surface area contributed by atoms with Crippen LogP contribution < -0.4 is 5.32 Å². The lowest BCUT2D eigenvalue weighted by atomic mass is 10.1. The second-order valence-electron chi connectivity index (χ2n) is 5.49. The van der Waals surface area contributed by atoms with E-state index in [1.807, 2.05) is 11.7 Å². The lowest BCUT2D eigenvalue weighted by molar-refractivity contribution is 0.170. The first kappa shape index (κ1) is 13.6. The zero-order valence-electron chi connectivity index (χ0n) is 11.9. The number of aryl methyl sites for hydroxylation is 2. The first-order chi connectivity index (χ1) is 8.66. The van der Waals surface area contributed by atoms with E-state index in [1.165, 1.54) is 37.9 Å². The Kier molecular flexibility index (Phi) is 4.78. The predicted molar refractivity (Wildman–Crippen MR) is 74.5 cm³/mol. The van der Waals surface area contributed by atoms with E-state index in [4.69, 9.17) is 0 Å². The Labute approximate surface area is 110 Å². The Morgan fingerprint density at radius 2 is 2.06 bits per heavy atom. The molecule has 1 saturated heterocycles. The molecule has 18 heavy (non-hydrogen) atoms. The summed E-state index contributed by atoms with van der Waals surface area (Å²) in [5, 5.41) is 7.92. The molecule has 1 unspecified atom stereocenters. The molecule has 0 spiro atoms. The third-order valence-electron chi connectivity index (χ3n) is 3.88. The van der Waals surface area contributed by atoms with Crippen molar-refractivity contribution in [2.75, 3.05) is 19.6 Å².